The lowest BCUT2D eigenvalue weighted by molar-refractivity contribution is -0.142. The van der Waals surface area contributed by atoms with Gasteiger partial charge in [-0.25, -0.2) is 4.79 Å². The predicted octanol–water partition coefficient (Wildman–Crippen LogP) is 1.05. The Hall–Kier alpha value is -2.57. The number of aromatic nitrogens is 2. The summed E-state index contributed by atoms with van der Waals surface area (Å²) in [5.74, 6) is -2.06. The van der Waals surface area contributed by atoms with Gasteiger partial charge in [-0.15, -0.1) is 0 Å². The van der Waals surface area contributed by atoms with Crippen LogP contribution in [-0.2, 0) is 22.7 Å². The van der Waals surface area contributed by atoms with Crippen molar-refractivity contribution in [3.8, 4) is 0 Å². The number of para-hydroxylation sites is 2. The number of nitrogens with zero attached hydrogens (tertiary/aromatic N) is 2. The molecule has 0 spiro atoms. The third kappa shape index (κ3) is 3.28. The number of amides is 1. The highest BCUT2D eigenvalue weighted by atomic mass is 16.4. The van der Waals surface area contributed by atoms with Crippen LogP contribution in [-0.4, -0.2) is 32.2 Å². The Morgan fingerprint density at radius 1 is 1.17 bits per heavy atom. The quantitative estimate of drug-likeness (QED) is 0.832. The molecule has 0 saturated heterocycles. The first kappa shape index (κ1) is 16.8. The zero-order chi connectivity index (χ0) is 17.1. The molecule has 0 aliphatic heterocycles. The number of rotatable bonds is 6. The van der Waals surface area contributed by atoms with Crippen LogP contribution in [0.15, 0.2) is 29.1 Å². The van der Waals surface area contributed by atoms with Gasteiger partial charge in [-0.3, -0.25) is 18.7 Å². The number of aryl methyl sites for hydroxylation is 1. The van der Waals surface area contributed by atoms with Crippen molar-refractivity contribution in [2.75, 3.05) is 0 Å². The van der Waals surface area contributed by atoms with E-state index in [2.05, 4.69) is 5.32 Å². The fraction of sp³-hybridized carbons (Fsp3) is 0.438. The number of imidazole rings is 1. The Bertz CT molecular complexity index is 790. The van der Waals surface area contributed by atoms with Gasteiger partial charge in [-0.1, -0.05) is 12.1 Å². The fourth-order valence-electron chi connectivity index (χ4n) is 2.51. The number of carboxylic acids is 1. The van der Waals surface area contributed by atoms with Crippen molar-refractivity contribution in [1.29, 1.82) is 0 Å². The monoisotopic (exact) mass is 319 g/mol. The van der Waals surface area contributed by atoms with Crippen molar-refractivity contribution in [1.82, 2.24) is 14.5 Å². The van der Waals surface area contributed by atoms with E-state index in [1.165, 1.54) is 11.5 Å². The van der Waals surface area contributed by atoms with E-state index in [1.54, 1.807) is 17.6 Å². The Balaban J connectivity index is 2.25. The predicted molar refractivity (Wildman–Crippen MR) is 86.3 cm³/mol. The number of benzene rings is 1. The molecule has 1 amide bonds. The van der Waals surface area contributed by atoms with E-state index in [-0.39, 0.29) is 18.1 Å². The smallest absolute Gasteiger partial charge is 0.329 e. The van der Waals surface area contributed by atoms with Crippen molar-refractivity contribution in [2.45, 2.75) is 39.9 Å². The molecule has 7 heteroatoms. The van der Waals surface area contributed by atoms with Gasteiger partial charge in [0.05, 0.1) is 17.0 Å². The van der Waals surface area contributed by atoms with Crippen molar-refractivity contribution >= 4 is 22.9 Å². The van der Waals surface area contributed by atoms with Gasteiger partial charge in [-0.2, -0.15) is 0 Å². The Morgan fingerprint density at radius 2 is 1.74 bits per heavy atom. The number of aliphatic carboxylic acids is 1. The van der Waals surface area contributed by atoms with Gasteiger partial charge in [0.1, 0.15) is 6.54 Å². The lowest BCUT2D eigenvalue weighted by Crippen LogP contribution is -2.42. The second kappa shape index (κ2) is 6.68. The van der Waals surface area contributed by atoms with Gasteiger partial charge in [0, 0.05) is 12.6 Å². The molecule has 0 bridgehead atoms. The van der Waals surface area contributed by atoms with Crippen LogP contribution in [0.5, 0.6) is 0 Å². The van der Waals surface area contributed by atoms with E-state index in [9.17, 15) is 14.4 Å². The largest absolute Gasteiger partial charge is 0.481 e. The van der Waals surface area contributed by atoms with Crippen molar-refractivity contribution < 1.29 is 14.7 Å². The minimum atomic E-state index is -0.974. The molecule has 23 heavy (non-hydrogen) atoms. The SMILES string of the molecule is CCn1c(=O)n(CC(=O)NC(C)C(C)C(=O)O)c2ccccc21. The van der Waals surface area contributed by atoms with E-state index in [0.717, 1.165) is 5.52 Å². The highest BCUT2D eigenvalue weighted by Crippen LogP contribution is 2.12. The third-order valence-electron chi connectivity index (χ3n) is 4.07. The molecule has 2 aromatic rings. The highest BCUT2D eigenvalue weighted by molar-refractivity contribution is 5.81. The first-order valence-electron chi connectivity index (χ1n) is 7.57. The van der Waals surface area contributed by atoms with Crippen LogP contribution in [0.1, 0.15) is 20.8 Å². The number of hydrogen-bond donors (Lipinski definition) is 2. The lowest BCUT2D eigenvalue weighted by atomic mass is 10.0. The molecule has 1 heterocycles. The van der Waals surface area contributed by atoms with Crippen LogP contribution in [0, 0.1) is 5.92 Å². The van der Waals surface area contributed by atoms with Crippen LogP contribution < -0.4 is 11.0 Å². The van der Waals surface area contributed by atoms with E-state index < -0.39 is 17.9 Å². The molecule has 0 saturated carbocycles. The van der Waals surface area contributed by atoms with Crippen LogP contribution in [0.3, 0.4) is 0 Å². The second-order valence-electron chi connectivity index (χ2n) is 5.58. The molecule has 2 N–H and O–H groups in total. The Labute approximate surface area is 133 Å². The van der Waals surface area contributed by atoms with Gasteiger partial charge in [0.2, 0.25) is 5.91 Å². The fourth-order valence-corrected chi connectivity index (χ4v) is 2.51. The molecule has 0 radical (unpaired) electrons. The number of hydrogen-bond acceptors (Lipinski definition) is 3. The van der Waals surface area contributed by atoms with Gasteiger partial charge >= 0.3 is 11.7 Å². The molecule has 124 valence electrons. The van der Waals surface area contributed by atoms with Gasteiger partial charge < -0.3 is 10.4 Å². The number of nitrogens with one attached hydrogen (secondary N) is 1. The maximum absolute atomic E-state index is 12.4. The molecule has 2 rings (SSSR count). The van der Waals surface area contributed by atoms with Crippen molar-refractivity contribution in [3.05, 3.63) is 34.7 Å². The number of carbonyl (C=O) groups is 2. The van der Waals surface area contributed by atoms with E-state index >= 15 is 0 Å². The summed E-state index contributed by atoms with van der Waals surface area (Å²) < 4.78 is 3.01. The summed E-state index contributed by atoms with van der Waals surface area (Å²) in [5, 5.41) is 11.6. The van der Waals surface area contributed by atoms with Crippen molar-refractivity contribution in [3.63, 3.8) is 0 Å². The standard InChI is InChI=1S/C16H21N3O4/c1-4-18-12-7-5-6-8-13(12)19(16(18)23)9-14(20)17-11(3)10(2)15(21)22/h5-8,10-11H,4,9H2,1-3H3,(H,17,20)(H,21,22). The highest BCUT2D eigenvalue weighted by Gasteiger charge is 2.22. The number of carbonyl (C=O) groups excluding carboxylic acids is 1. The molecule has 0 fully saturated rings. The van der Waals surface area contributed by atoms with Gasteiger partial charge in [0.15, 0.2) is 0 Å². The van der Waals surface area contributed by atoms with E-state index in [4.69, 9.17) is 5.11 Å². The maximum atomic E-state index is 12.4. The molecule has 1 aromatic carbocycles. The van der Waals surface area contributed by atoms with Gasteiger partial charge in [-0.05, 0) is 32.9 Å². The summed E-state index contributed by atoms with van der Waals surface area (Å²) >= 11 is 0. The topological polar surface area (TPSA) is 93.3 Å². The van der Waals surface area contributed by atoms with Crippen molar-refractivity contribution in [2.24, 2.45) is 5.92 Å². The normalized spacial score (nSPS) is 13.7. The Kier molecular flexibility index (Phi) is 4.88. The average Bonchev–Trinajstić information content (AvgIpc) is 2.78. The van der Waals surface area contributed by atoms with Crippen LogP contribution in [0.2, 0.25) is 0 Å². The van der Waals surface area contributed by atoms with Gasteiger partial charge in [0.25, 0.3) is 0 Å². The molecule has 7 nitrogen and oxygen atoms in total. The number of fused-ring (bicyclic) bond motifs is 1. The zero-order valence-electron chi connectivity index (χ0n) is 13.4. The maximum Gasteiger partial charge on any atom is 0.329 e. The molecule has 2 unspecified atom stereocenters. The summed E-state index contributed by atoms with van der Waals surface area (Å²) in [6, 6.07) is 6.76. The first-order chi connectivity index (χ1) is 10.9. The van der Waals surface area contributed by atoms with Crippen LogP contribution >= 0.6 is 0 Å². The first-order valence-corrected chi connectivity index (χ1v) is 7.57. The second-order valence-corrected chi connectivity index (χ2v) is 5.58. The summed E-state index contributed by atoms with van der Waals surface area (Å²) in [4.78, 5) is 35.5. The van der Waals surface area contributed by atoms with Crippen LogP contribution in [0.25, 0.3) is 11.0 Å². The summed E-state index contributed by atoms with van der Waals surface area (Å²) in [7, 11) is 0. The number of carboxylic acid groups (broad SMARTS) is 1. The van der Waals surface area contributed by atoms with Crippen LogP contribution in [0.4, 0.5) is 0 Å². The third-order valence-corrected chi connectivity index (χ3v) is 4.07. The molecule has 2 atom stereocenters. The van der Waals surface area contributed by atoms with E-state index in [0.29, 0.717) is 12.1 Å². The molecular formula is C16H21N3O4. The molecular weight excluding hydrogens is 298 g/mol. The summed E-state index contributed by atoms with van der Waals surface area (Å²) in [6.45, 7) is 5.41. The molecule has 0 aliphatic carbocycles. The summed E-state index contributed by atoms with van der Waals surface area (Å²) in [5.41, 5.74) is 1.22. The molecule has 0 aliphatic rings. The minimum Gasteiger partial charge on any atom is -0.481 e. The lowest BCUT2D eigenvalue weighted by Gasteiger charge is -2.17. The Morgan fingerprint density at radius 3 is 2.26 bits per heavy atom. The molecule has 1 aromatic heterocycles. The average molecular weight is 319 g/mol. The zero-order valence-corrected chi connectivity index (χ0v) is 13.4. The summed E-state index contributed by atoms with van der Waals surface area (Å²) in [6.07, 6.45) is 0. The van der Waals surface area contributed by atoms with E-state index in [1.807, 2.05) is 25.1 Å². The minimum absolute atomic E-state index is 0.136.